The Morgan fingerprint density at radius 2 is 0.293 bits per heavy atom. The first kappa shape index (κ1) is 90.9. The Hall–Kier alpha value is -20.3. The van der Waals surface area contributed by atoms with E-state index in [1.165, 1.54) is 71.3 Å². The van der Waals surface area contributed by atoms with E-state index in [-0.39, 0.29) is 0 Å². The molecular weight excluding hydrogens is 1830 g/mol. The quantitative estimate of drug-likeness (QED) is 0.0803. The van der Waals surface area contributed by atoms with E-state index >= 15 is 0 Å². The van der Waals surface area contributed by atoms with Crippen LogP contribution in [0.15, 0.2) is 546 Å². The number of pyridine rings is 3. The fourth-order valence-electron chi connectivity index (χ4n) is 19.4. The molecule has 6 aromatic heterocycles. The lowest BCUT2D eigenvalue weighted by Gasteiger charge is -2.10. The van der Waals surface area contributed by atoms with Crippen molar-refractivity contribution in [1.82, 2.24) is 59.8 Å². The highest BCUT2D eigenvalue weighted by Crippen LogP contribution is 2.40. The summed E-state index contributed by atoms with van der Waals surface area (Å²) < 4.78 is 0. The van der Waals surface area contributed by atoms with Crippen LogP contribution in [-0.4, -0.2) is 59.8 Å². The highest BCUT2D eigenvalue weighted by atomic mass is 15.1. The van der Waals surface area contributed by atoms with Crippen molar-refractivity contribution in [2.45, 2.75) is 0 Å². The van der Waals surface area contributed by atoms with E-state index in [0.29, 0.717) is 52.4 Å². The molecule has 0 aliphatic rings. The molecule has 0 radical (unpaired) electrons. The summed E-state index contributed by atoms with van der Waals surface area (Å²) in [4.78, 5) is 57.7. The summed E-state index contributed by atoms with van der Waals surface area (Å²) in [6, 6.07) is 183. The highest BCUT2D eigenvalue weighted by Gasteiger charge is 2.20. The molecule has 702 valence electrons. The van der Waals surface area contributed by atoms with Crippen LogP contribution in [-0.2, 0) is 0 Å². The Bertz CT molecular complexity index is 9060. The number of benzene rings is 21. The molecule has 6 heterocycles. The van der Waals surface area contributed by atoms with E-state index in [0.717, 1.165) is 144 Å². The zero-order valence-corrected chi connectivity index (χ0v) is 81.3. The SMILES string of the molecule is c1ccc(-c2nc(-c3ccccc3)nc(-c3ccc(-c4ccc5cc(-c6ccc(-c7cccc8cccnc78)cc6)ccc5c4)cc3)n2)cc1.c1ccc(-c2nc(-c3ccccc3)nc(-c3ccc(-c4ccc5cc(-c6ccc(-c7cnc8ccccc8c7)cc6)ccc5c4)cc3)n2)cc1.c1ccc(-c2nc(-c3ccccc3)nc(-c3ccc(-c4ccc5cc(-c6ccc(-c7cnc8ccccc8c7)cc6)ccc5c4)cc3)n2)cc1. The number of aromatic nitrogens is 12. The highest BCUT2D eigenvalue weighted by molar-refractivity contribution is 5.98. The van der Waals surface area contributed by atoms with Crippen molar-refractivity contribution >= 4 is 65.0 Å². The number of hydrogen-bond acceptors (Lipinski definition) is 12. The van der Waals surface area contributed by atoms with Gasteiger partial charge in [-0.3, -0.25) is 15.0 Å². The third kappa shape index (κ3) is 19.7. The van der Waals surface area contributed by atoms with Gasteiger partial charge >= 0.3 is 0 Å². The number of para-hydroxylation sites is 3. The number of rotatable bonds is 18. The monoisotopic (exact) mass is 1910 g/mol. The van der Waals surface area contributed by atoms with Crippen molar-refractivity contribution in [3.05, 3.63) is 546 Å². The summed E-state index contributed by atoms with van der Waals surface area (Å²) in [6.07, 6.45) is 5.76. The van der Waals surface area contributed by atoms with Crippen LogP contribution in [0.4, 0.5) is 0 Å². The van der Waals surface area contributed by atoms with Crippen LogP contribution in [0.2, 0.25) is 0 Å². The smallest absolute Gasteiger partial charge is 0.164 e. The van der Waals surface area contributed by atoms with E-state index in [1.807, 2.05) is 231 Å². The Morgan fingerprint density at radius 3 is 0.547 bits per heavy atom. The van der Waals surface area contributed by atoms with Crippen molar-refractivity contribution in [3.63, 3.8) is 0 Å². The maximum absolute atomic E-state index is 4.88. The van der Waals surface area contributed by atoms with Gasteiger partial charge in [0.1, 0.15) is 0 Å². The van der Waals surface area contributed by atoms with Crippen LogP contribution in [0.1, 0.15) is 0 Å². The molecule has 0 amide bonds. The summed E-state index contributed by atoms with van der Waals surface area (Å²) >= 11 is 0. The van der Waals surface area contributed by atoms with Gasteiger partial charge in [0.15, 0.2) is 52.4 Å². The minimum absolute atomic E-state index is 0.650. The predicted molar refractivity (Wildman–Crippen MR) is 616 cm³/mol. The molecule has 0 aliphatic carbocycles. The normalized spacial score (nSPS) is 11.2. The average molecular weight is 1920 g/mol. The first-order chi connectivity index (χ1) is 74.2. The molecule has 27 rings (SSSR count). The fraction of sp³-hybridized carbons (Fsp3) is 0. The van der Waals surface area contributed by atoms with Gasteiger partial charge in [-0.1, -0.05) is 461 Å². The molecule has 27 aromatic rings. The van der Waals surface area contributed by atoms with Crippen LogP contribution >= 0.6 is 0 Å². The predicted octanol–water partition coefficient (Wildman–Crippen LogP) is 34.7. The van der Waals surface area contributed by atoms with Crippen molar-refractivity contribution in [1.29, 1.82) is 0 Å². The van der Waals surface area contributed by atoms with Crippen LogP contribution < -0.4 is 0 Å². The minimum atomic E-state index is 0.650. The molecule has 0 N–H and O–H groups in total. The minimum Gasteiger partial charge on any atom is -0.256 e. The summed E-state index contributed by atoms with van der Waals surface area (Å²) in [6.45, 7) is 0. The molecular formula is C138H90N12. The molecule has 0 fully saturated rings. The van der Waals surface area contributed by atoms with E-state index in [9.17, 15) is 0 Å². The lowest BCUT2D eigenvalue weighted by molar-refractivity contribution is 1.07. The molecule has 0 spiro atoms. The van der Waals surface area contributed by atoms with Gasteiger partial charge in [0.05, 0.1) is 16.6 Å². The van der Waals surface area contributed by atoms with Gasteiger partial charge in [0.2, 0.25) is 0 Å². The first-order valence-electron chi connectivity index (χ1n) is 50.1. The van der Waals surface area contributed by atoms with Crippen LogP contribution in [0, 0.1) is 0 Å². The Labute approximate surface area is 867 Å². The largest absolute Gasteiger partial charge is 0.256 e. The molecule has 0 bridgehead atoms. The van der Waals surface area contributed by atoms with Gasteiger partial charge < -0.3 is 0 Å². The molecule has 12 nitrogen and oxygen atoms in total. The van der Waals surface area contributed by atoms with E-state index in [2.05, 4.69) is 330 Å². The van der Waals surface area contributed by atoms with Gasteiger partial charge in [0, 0.05) is 102 Å². The second-order valence-electron chi connectivity index (χ2n) is 37.1. The molecule has 0 atom stereocenters. The Morgan fingerprint density at radius 1 is 0.107 bits per heavy atom. The summed E-state index contributed by atoms with van der Waals surface area (Å²) in [5.41, 5.74) is 32.6. The first-order valence-corrected chi connectivity index (χ1v) is 50.1. The Kier molecular flexibility index (Phi) is 25.0. The van der Waals surface area contributed by atoms with Crippen molar-refractivity contribution < 1.29 is 0 Å². The van der Waals surface area contributed by atoms with Crippen molar-refractivity contribution in [3.8, 4) is 203 Å². The van der Waals surface area contributed by atoms with Gasteiger partial charge in [0.25, 0.3) is 0 Å². The maximum atomic E-state index is 4.88. The third-order valence-electron chi connectivity index (χ3n) is 27.5. The second kappa shape index (κ2) is 41.2. The van der Waals surface area contributed by atoms with Gasteiger partial charge in [-0.05, 0) is 182 Å². The van der Waals surface area contributed by atoms with Gasteiger partial charge in [-0.25, -0.2) is 44.9 Å². The lowest BCUT2D eigenvalue weighted by Crippen LogP contribution is -2.00. The molecule has 0 saturated carbocycles. The number of hydrogen-bond donors (Lipinski definition) is 0. The van der Waals surface area contributed by atoms with E-state index in [1.54, 1.807) is 0 Å². The van der Waals surface area contributed by atoms with Crippen molar-refractivity contribution in [2.24, 2.45) is 0 Å². The van der Waals surface area contributed by atoms with Crippen molar-refractivity contribution in [2.75, 3.05) is 0 Å². The average Bonchev–Trinajstić information content (AvgIpc) is 0.785. The molecule has 12 heteroatoms. The zero-order valence-electron chi connectivity index (χ0n) is 81.3. The lowest BCUT2D eigenvalue weighted by atomic mass is 9.95. The zero-order chi connectivity index (χ0) is 99.8. The topological polar surface area (TPSA) is 155 Å². The molecule has 0 unspecified atom stereocenters. The van der Waals surface area contributed by atoms with Crippen LogP contribution in [0.5, 0.6) is 0 Å². The molecule has 0 aliphatic heterocycles. The summed E-state index contributed by atoms with van der Waals surface area (Å²) in [5, 5.41) is 10.7. The fourth-order valence-corrected chi connectivity index (χ4v) is 19.4. The summed E-state index contributed by atoms with van der Waals surface area (Å²) in [5.74, 6) is 5.90. The third-order valence-corrected chi connectivity index (χ3v) is 27.5. The van der Waals surface area contributed by atoms with Gasteiger partial charge in [-0.2, -0.15) is 0 Å². The second-order valence-corrected chi connectivity index (χ2v) is 37.1. The number of fused-ring (bicyclic) bond motifs is 6. The standard InChI is InChI=1S/3C46H30N4/c1-3-9-35(10-4-1)44-48-45(36-11-5-2-6-12-36)50-46(49-44)37-22-18-32(19-23-37)39-25-27-40-29-38(24-26-41(40)30-39)31-16-20-33(21-17-31)42-15-7-13-34-14-8-28-47-43(34)42;2*1-3-9-34(10-4-1)44-48-45(35-11-5-2-6-12-35)50-46(49-44)36-21-19-32(20-22-36)38-24-26-39-27-37(23-25-40(39)28-38)31-15-17-33(18-16-31)42-29-41-13-7-8-14-43(41)47-30-42/h3*1-30H. The van der Waals surface area contributed by atoms with Crippen LogP contribution in [0.3, 0.4) is 0 Å². The number of nitrogens with zero attached hydrogens (tertiary/aromatic N) is 12. The van der Waals surface area contributed by atoms with Gasteiger partial charge in [-0.15, -0.1) is 0 Å². The molecule has 21 aromatic carbocycles. The van der Waals surface area contributed by atoms with E-state index < -0.39 is 0 Å². The summed E-state index contributed by atoms with van der Waals surface area (Å²) in [7, 11) is 0. The molecule has 150 heavy (non-hydrogen) atoms. The van der Waals surface area contributed by atoms with E-state index in [4.69, 9.17) is 44.9 Å². The Balaban J connectivity index is 0.000000116. The maximum Gasteiger partial charge on any atom is 0.164 e. The van der Waals surface area contributed by atoms with Crippen LogP contribution in [0.25, 0.3) is 268 Å². The molecule has 0 saturated heterocycles.